The van der Waals surface area contributed by atoms with Gasteiger partial charge in [-0.3, -0.25) is 0 Å². The molecule has 2 N–H and O–H groups in total. The van der Waals surface area contributed by atoms with Gasteiger partial charge in [0, 0.05) is 4.47 Å². The van der Waals surface area contributed by atoms with E-state index in [4.69, 9.17) is 5.11 Å². The molecular formula is C9H5BrN2O3. The highest BCUT2D eigenvalue weighted by Gasteiger charge is 2.13. The number of aromatic carboxylic acids is 1. The fraction of sp³-hybridized carbons (Fsp3) is 0. The molecule has 5 nitrogen and oxygen atoms in total. The molecule has 0 spiro atoms. The lowest BCUT2D eigenvalue weighted by Gasteiger charge is -2.02. The second-order valence-corrected chi connectivity index (χ2v) is 3.66. The molecule has 1 aromatic heterocycles. The van der Waals surface area contributed by atoms with Gasteiger partial charge < -0.3 is 10.2 Å². The van der Waals surface area contributed by atoms with E-state index >= 15 is 0 Å². The van der Waals surface area contributed by atoms with Gasteiger partial charge in [-0.1, -0.05) is 6.07 Å². The first-order chi connectivity index (χ1) is 7.09. The minimum Gasteiger partial charge on any atom is -0.493 e. The van der Waals surface area contributed by atoms with Crippen LogP contribution in [0.25, 0.3) is 10.9 Å². The van der Waals surface area contributed by atoms with Crippen LogP contribution < -0.4 is 0 Å². The third-order valence-corrected chi connectivity index (χ3v) is 2.51. The molecule has 0 aliphatic rings. The van der Waals surface area contributed by atoms with Crippen molar-refractivity contribution in [2.75, 3.05) is 0 Å². The largest absolute Gasteiger partial charge is 0.493 e. The fourth-order valence-corrected chi connectivity index (χ4v) is 1.75. The average molecular weight is 269 g/mol. The number of benzene rings is 1. The molecule has 15 heavy (non-hydrogen) atoms. The maximum atomic E-state index is 10.6. The molecule has 1 aromatic carbocycles. The van der Waals surface area contributed by atoms with Crippen molar-refractivity contribution in [2.45, 2.75) is 0 Å². The third kappa shape index (κ3) is 1.63. The van der Waals surface area contributed by atoms with Crippen LogP contribution in [0.1, 0.15) is 10.6 Å². The number of aromatic hydroxyl groups is 1. The summed E-state index contributed by atoms with van der Waals surface area (Å²) in [6, 6.07) is 5.02. The Hall–Kier alpha value is -1.69. The number of fused-ring (bicyclic) bond motifs is 1. The molecule has 0 aliphatic carbocycles. The van der Waals surface area contributed by atoms with Crippen molar-refractivity contribution in [1.82, 2.24) is 9.97 Å². The molecule has 1 heterocycles. The van der Waals surface area contributed by atoms with E-state index in [0.717, 1.165) is 0 Å². The normalized spacial score (nSPS) is 10.5. The van der Waals surface area contributed by atoms with E-state index in [-0.39, 0.29) is 5.88 Å². The summed E-state index contributed by atoms with van der Waals surface area (Å²) in [6.45, 7) is 0. The maximum absolute atomic E-state index is 10.6. The lowest BCUT2D eigenvalue weighted by atomic mass is 10.2. The Morgan fingerprint density at radius 3 is 2.73 bits per heavy atom. The highest BCUT2D eigenvalue weighted by Crippen LogP contribution is 2.28. The molecular weight excluding hydrogens is 264 g/mol. The zero-order valence-electron chi connectivity index (χ0n) is 7.31. The maximum Gasteiger partial charge on any atom is 0.374 e. The van der Waals surface area contributed by atoms with E-state index in [1.807, 2.05) is 0 Å². The van der Waals surface area contributed by atoms with Gasteiger partial charge in [0.2, 0.25) is 11.7 Å². The van der Waals surface area contributed by atoms with Crippen molar-refractivity contribution < 1.29 is 15.0 Å². The summed E-state index contributed by atoms with van der Waals surface area (Å²) < 4.78 is 0.620. The van der Waals surface area contributed by atoms with Gasteiger partial charge in [-0.2, -0.15) is 4.98 Å². The topological polar surface area (TPSA) is 83.3 Å². The molecule has 2 aromatic rings. The monoisotopic (exact) mass is 268 g/mol. The summed E-state index contributed by atoms with van der Waals surface area (Å²) in [5, 5.41) is 18.6. The predicted molar refractivity (Wildman–Crippen MR) is 55.9 cm³/mol. The van der Waals surface area contributed by atoms with Gasteiger partial charge >= 0.3 is 5.97 Å². The van der Waals surface area contributed by atoms with Crippen LogP contribution in [-0.4, -0.2) is 26.2 Å². The van der Waals surface area contributed by atoms with Crippen molar-refractivity contribution in [2.24, 2.45) is 0 Å². The lowest BCUT2D eigenvalue weighted by molar-refractivity contribution is 0.0683. The molecule has 2 rings (SSSR count). The molecule has 0 saturated carbocycles. The summed E-state index contributed by atoms with van der Waals surface area (Å²) in [6.07, 6.45) is 0. The van der Waals surface area contributed by atoms with Gasteiger partial charge in [-0.25, -0.2) is 9.78 Å². The molecule has 0 bridgehead atoms. The smallest absolute Gasteiger partial charge is 0.374 e. The van der Waals surface area contributed by atoms with Crippen molar-refractivity contribution in [3.63, 3.8) is 0 Å². The van der Waals surface area contributed by atoms with Gasteiger partial charge in [-0.15, -0.1) is 0 Å². The van der Waals surface area contributed by atoms with Crippen LogP contribution in [0.4, 0.5) is 0 Å². The van der Waals surface area contributed by atoms with Crippen LogP contribution in [0, 0.1) is 0 Å². The number of carboxylic acid groups (broad SMARTS) is 1. The SMILES string of the molecule is O=C(O)c1nc(O)c2c(Br)cccc2n1. The quantitative estimate of drug-likeness (QED) is 0.824. The minimum absolute atomic E-state index is 0.343. The first kappa shape index (κ1) is 9.85. The van der Waals surface area contributed by atoms with Crippen LogP contribution in [0.2, 0.25) is 0 Å². The number of carbonyl (C=O) groups is 1. The van der Waals surface area contributed by atoms with E-state index < -0.39 is 11.8 Å². The number of carboxylic acids is 1. The molecule has 0 unspecified atom stereocenters. The highest BCUT2D eigenvalue weighted by atomic mass is 79.9. The molecule has 6 heteroatoms. The van der Waals surface area contributed by atoms with Crippen LogP contribution in [0.15, 0.2) is 22.7 Å². The van der Waals surface area contributed by atoms with Gasteiger partial charge in [-0.05, 0) is 28.1 Å². The van der Waals surface area contributed by atoms with Crippen LogP contribution >= 0.6 is 15.9 Å². The zero-order chi connectivity index (χ0) is 11.0. The average Bonchev–Trinajstić information content (AvgIpc) is 2.17. The Balaban J connectivity index is 2.84. The van der Waals surface area contributed by atoms with Gasteiger partial charge in [0.1, 0.15) is 0 Å². The van der Waals surface area contributed by atoms with E-state index in [0.29, 0.717) is 15.4 Å². The minimum atomic E-state index is -1.27. The van der Waals surface area contributed by atoms with Crippen LogP contribution in [-0.2, 0) is 0 Å². The van der Waals surface area contributed by atoms with E-state index in [1.54, 1.807) is 18.2 Å². The Bertz CT molecular complexity index is 556. The van der Waals surface area contributed by atoms with Crippen LogP contribution in [0.5, 0.6) is 5.88 Å². The molecule has 76 valence electrons. The molecule has 0 aliphatic heterocycles. The number of halogens is 1. The molecule has 0 fully saturated rings. The summed E-state index contributed by atoms with van der Waals surface area (Å²) in [4.78, 5) is 17.9. The fourth-order valence-electron chi connectivity index (χ4n) is 1.22. The van der Waals surface area contributed by atoms with Crippen molar-refractivity contribution in [3.8, 4) is 5.88 Å². The second-order valence-electron chi connectivity index (χ2n) is 2.81. The highest BCUT2D eigenvalue weighted by molar-refractivity contribution is 9.10. The Morgan fingerprint density at radius 1 is 1.33 bits per heavy atom. The summed E-state index contributed by atoms with van der Waals surface area (Å²) in [5.74, 6) is -2.03. The zero-order valence-corrected chi connectivity index (χ0v) is 8.89. The Morgan fingerprint density at radius 2 is 2.07 bits per heavy atom. The Labute approximate surface area is 92.5 Å². The predicted octanol–water partition coefficient (Wildman–Crippen LogP) is 1.80. The third-order valence-electron chi connectivity index (χ3n) is 1.84. The molecule has 0 saturated heterocycles. The summed E-state index contributed by atoms with van der Waals surface area (Å²) in [7, 11) is 0. The van der Waals surface area contributed by atoms with E-state index in [9.17, 15) is 9.90 Å². The van der Waals surface area contributed by atoms with Gasteiger partial charge in [0.25, 0.3) is 0 Å². The van der Waals surface area contributed by atoms with Gasteiger partial charge in [0.15, 0.2) is 0 Å². The number of hydrogen-bond acceptors (Lipinski definition) is 4. The molecule has 0 amide bonds. The van der Waals surface area contributed by atoms with E-state index in [1.165, 1.54) is 0 Å². The molecule has 0 radical (unpaired) electrons. The number of hydrogen-bond donors (Lipinski definition) is 2. The second kappa shape index (κ2) is 3.47. The Kier molecular flexibility index (Phi) is 2.28. The first-order valence-corrected chi connectivity index (χ1v) is 4.77. The standard InChI is InChI=1S/C9H5BrN2O3/c10-4-2-1-3-5-6(4)8(13)12-7(11-5)9(14)15/h1-3H,(H,14,15)(H,11,12,13). The van der Waals surface area contributed by atoms with Crippen molar-refractivity contribution >= 4 is 32.8 Å². The van der Waals surface area contributed by atoms with Crippen LogP contribution in [0.3, 0.4) is 0 Å². The van der Waals surface area contributed by atoms with E-state index in [2.05, 4.69) is 25.9 Å². The summed E-state index contributed by atoms with van der Waals surface area (Å²) in [5.41, 5.74) is 0.384. The van der Waals surface area contributed by atoms with Crippen molar-refractivity contribution in [1.29, 1.82) is 0 Å². The molecule has 0 atom stereocenters. The number of rotatable bonds is 1. The van der Waals surface area contributed by atoms with Gasteiger partial charge in [0.05, 0.1) is 10.9 Å². The summed E-state index contributed by atoms with van der Waals surface area (Å²) >= 11 is 3.22. The lowest BCUT2D eigenvalue weighted by Crippen LogP contribution is -2.04. The van der Waals surface area contributed by atoms with Crippen molar-refractivity contribution in [3.05, 3.63) is 28.5 Å². The first-order valence-electron chi connectivity index (χ1n) is 3.98. The number of nitrogens with zero attached hydrogens (tertiary/aromatic N) is 2. The number of aromatic nitrogens is 2.